The molecule has 1 heterocycles. The Morgan fingerprint density at radius 2 is 1.93 bits per heavy atom. The Morgan fingerprint density at radius 1 is 1.33 bits per heavy atom. The minimum absolute atomic E-state index is 0.0470. The average molecular weight is 210 g/mol. The van der Waals surface area contributed by atoms with Gasteiger partial charge in [0, 0.05) is 12.6 Å². The van der Waals surface area contributed by atoms with Crippen molar-refractivity contribution in [2.24, 2.45) is 0 Å². The number of aromatic nitrogens is 2. The summed E-state index contributed by atoms with van der Waals surface area (Å²) in [5, 5.41) is 15.3. The van der Waals surface area contributed by atoms with Gasteiger partial charge in [0.15, 0.2) is 0 Å². The van der Waals surface area contributed by atoms with Crippen LogP contribution < -0.4 is 10.6 Å². The summed E-state index contributed by atoms with van der Waals surface area (Å²) in [6.07, 6.45) is 1.49. The van der Waals surface area contributed by atoms with Crippen LogP contribution in [0.3, 0.4) is 0 Å². The lowest BCUT2D eigenvalue weighted by molar-refractivity contribution is 0.234. The van der Waals surface area contributed by atoms with E-state index >= 15 is 0 Å². The Balaban J connectivity index is 2.95. The van der Waals surface area contributed by atoms with E-state index in [0.717, 1.165) is 17.2 Å². The SMILES string of the molecule is CNc1ncnc(NC(C)(C)CO)c1C. The molecule has 0 amide bonds. The van der Waals surface area contributed by atoms with Crippen molar-refractivity contribution in [2.75, 3.05) is 24.3 Å². The molecule has 0 unspecified atom stereocenters. The first kappa shape index (κ1) is 11.7. The molecule has 0 aliphatic rings. The van der Waals surface area contributed by atoms with Gasteiger partial charge in [0.25, 0.3) is 0 Å². The molecule has 0 aliphatic heterocycles. The highest BCUT2D eigenvalue weighted by molar-refractivity contribution is 5.56. The molecule has 0 bridgehead atoms. The van der Waals surface area contributed by atoms with Crippen LogP contribution in [-0.4, -0.2) is 34.3 Å². The van der Waals surface area contributed by atoms with E-state index in [1.54, 1.807) is 0 Å². The van der Waals surface area contributed by atoms with Crippen LogP contribution in [0.15, 0.2) is 6.33 Å². The van der Waals surface area contributed by atoms with Gasteiger partial charge in [-0.05, 0) is 20.8 Å². The fourth-order valence-corrected chi connectivity index (χ4v) is 1.19. The number of aliphatic hydroxyl groups is 1. The number of anilines is 2. The van der Waals surface area contributed by atoms with E-state index in [0.29, 0.717) is 0 Å². The number of rotatable bonds is 4. The second-order valence-electron chi connectivity index (χ2n) is 4.11. The molecule has 0 saturated carbocycles. The molecule has 1 aromatic heterocycles. The average Bonchev–Trinajstić information content (AvgIpc) is 2.21. The van der Waals surface area contributed by atoms with E-state index in [9.17, 15) is 0 Å². The van der Waals surface area contributed by atoms with Crippen LogP contribution >= 0.6 is 0 Å². The summed E-state index contributed by atoms with van der Waals surface area (Å²) in [6.45, 7) is 5.80. The Bertz CT molecular complexity index is 338. The molecule has 5 nitrogen and oxygen atoms in total. The van der Waals surface area contributed by atoms with E-state index in [2.05, 4.69) is 20.6 Å². The van der Waals surface area contributed by atoms with Crippen LogP contribution in [-0.2, 0) is 0 Å². The summed E-state index contributed by atoms with van der Waals surface area (Å²) in [6, 6.07) is 0. The van der Waals surface area contributed by atoms with Crippen molar-refractivity contribution in [3.8, 4) is 0 Å². The van der Waals surface area contributed by atoms with E-state index in [1.807, 2.05) is 27.8 Å². The first-order chi connectivity index (χ1) is 7.00. The Labute approximate surface area is 90.0 Å². The largest absolute Gasteiger partial charge is 0.394 e. The number of nitrogens with zero attached hydrogens (tertiary/aromatic N) is 2. The zero-order chi connectivity index (χ0) is 11.5. The second kappa shape index (κ2) is 4.44. The van der Waals surface area contributed by atoms with Crippen molar-refractivity contribution in [1.82, 2.24) is 9.97 Å². The van der Waals surface area contributed by atoms with Gasteiger partial charge in [-0.1, -0.05) is 0 Å². The fraction of sp³-hybridized carbons (Fsp3) is 0.600. The molecule has 0 radical (unpaired) electrons. The molecule has 0 atom stereocenters. The fourth-order valence-electron chi connectivity index (χ4n) is 1.19. The summed E-state index contributed by atoms with van der Waals surface area (Å²) in [5.41, 5.74) is 0.561. The molecule has 1 rings (SSSR count). The summed E-state index contributed by atoms with van der Waals surface area (Å²) >= 11 is 0. The van der Waals surface area contributed by atoms with Crippen molar-refractivity contribution >= 4 is 11.6 Å². The number of hydrogen-bond acceptors (Lipinski definition) is 5. The van der Waals surface area contributed by atoms with Crippen molar-refractivity contribution in [1.29, 1.82) is 0 Å². The Hall–Kier alpha value is -1.36. The van der Waals surface area contributed by atoms with Gasteiger partial charge < -0.3 is 15.7 Å². The maximum atomic E-state index is 9.15. The van der Waals surface area contributed by atoms with Gasteiger partial charge in [0.05, 0.1) is 12.1 Å². The summed E-state index contributed by atoms with van der Waals surface area (Å²) in [5.74, 6) is 1.54. The number of hydrogen-bond donors (Lipinski definition) is 3. The van der Waals surface area contributed by atoms with Crippen molar-refractivity contribution in [2.45, 2.75) is 26.3 Å². The topological polar surface area (TPSA) is 70.1 Å². The van der Waals surface area contributed by atoms with Gasteiger partial charge in [0.2, 0.25) is 0 Å². The predicted molar refractivity (Wildman–Crippen MR) is 61.1 cm³/mol. The molecular formula is C10H18N4O. The van der Waals surface area contributed by atoms with Crippen LogP contribution in [0.2, 0.25) is 0 Å². The highest BCUT2D eigenvalue weighted by Gasteiger charge is 2.18. The molecule has 1 aromatic rings. The molecule has 84 valence electrons. The normalized spacial score (nSPS) is 11.3. The van der Waals surface area contributed by atoms with Gasteiger partial charge in [-0.3, -0.25) is 0 Å². The minimum Gasteiger partial charge on any atom is -0.394 e. The lowest BCUT2D eigenvalue weighted by Gasteiger charge is -2.25. The van der Waals surface area contributed by atoms with Crippen LogP contribution in [0.1, 0.15) is 19.4 Å². The van der Waals surface area contributed by atoms with Gasteiger partial charge in [-0.25, -0.2) is 9.97 Å². The zero-order valence-corrected chi connectivity index (χ0v) is 9.63. The van der Waals surface area contributed by atoms with Gasteiger partial charge in [-0.2, -0.15) is 0 Å². The molecule has 0 aliphatic carbocycles. The maximum absolute atomic E-state index is 9.15. The van der Waals surface area contributed by atoms with Crippen LogP contribution in [0.5, 0.6) is 0 Å². The number of nitrogens with one attached hydrogen (secondary N) is 2. The molecular weight excluding hydrogens is 192 g/mol. The maximum Gasteiger partial charge on any atom is 0.134 e. The molecule has 5 heteroatoms. The van der Waals surface area contributed by atoms with Gasteiger partial charge in [0.1, 0.15) is 18.0 Å². The van der Waals surface area contributed by atoms with Crippen molar-refractivity contribution < 1.29 is 5.11 Å². The summed E-state index contributed by atoms with van der Waals surface area (Å²) in [4.78, 5) is 8.24. The van der Waals surface area contributed by atoms with Crippen LogP contribution in [0.25, 0.3) is 0 Å². The standard InChI is InChI=1S/C10H18N4O/c1-7-8(11-4)12-6-13-9(7)14-10(2,3)5-15/h6,15H,5H2,1-4H3,(H2,11,12,13,14). The van der Waals surface area contributed by atoms with Crippen molar-refractivity contribution in [3.63, 3.8) is 0 Å². The van der Waals surface area contributed by atoms with Crippen LogP contribution in [0, 0.1) is 6.92 Å². The Kier molecular flexibility index (Phi) is 3.47. The molecule has 0 aromatic carbocycles. The molecule has 3 N–H and O–H groups in total. The minimum atomic E-state index is -0.385. The second-order valence-corrected chi connectivity index (χ2v) is 4.11. The zero-order valence-electron chi connectivity index (χ0n) is 9.63. The molecule has 0 spiro atoms. The third kappa shape index (κ3) is 2.79. The summed E-state index contributed by atoms with van der Waals surface area (Å²) in [7, 11) is 1.82. The smallest absolute Gasteiger partial charge is 0.134 e. The van der Waals surface area contributed by atoms with Gasteiger partial charge in [-0.15, -0.1) is 0 Å². The summed E-state index contributed by atoms with van der Waals surface area (Å²) < 4.78 is 0. The molecule has 0 fully saturated rings. The third-order valence-electron chi connectivity index (χ3n) is 2.17. The first-order valence-corrected chi connectivity index (χ1v) is 4.88. The van der Waals surface area contributed by atoms with E-state index < -0.39 is 0 Å². The molecule has 0 saturated heterocycles. The van der Waals surface area contributed by atoms with E-state index in [-0.39, 0.29) is 12.1 Å². The monoisotopic (exact) mass is 210 g/mol. The van der Waals surface area contributed by atoms with Crippen LogP contribution in [0.4, 0.5) is 11.6 Å². The van der Waals surface area contributed by atoms with Crippen molar-refractivity contribution in [3.05, 3.63) is 11.9 Å². The quantitative estimate of drug-likeness (QED) is 0.692. The number of aliphatic hydroxyl groups excluding tert-OH is 1. The Morgan fingerprint density at radius 3 is 2.47 bits per heavy atom. The van der Waals surface area contributed by atoms with E-state index in [4.69, 9.17) is 5.11 Å². The highest BCUT2D eigenvalue weighted by atomic mass is 16.3. The molecule has 15 heavy (non-hydrogen) atoms. The third-order valence-corrected chi connectivity index (χ3v) is 2.17. The van der Waals surface area contributed by atoms with E-state index in [1.165, 1.54) is 6.33 Å². The van der Waals surface area contributed by atoms with Gasteiger partial charge >= 0.3 is 0 Å². The lowest BCUT2D eigenvalue weighted by atomic mass is 10.1. The first-order valence-electron chi connectivity index (χ1n) is 4.88. The predicted octanol–water partition coefficient (Wildman–Crippen LogP) is 1.01. The highest BCUT2D eigenvalue weighted by Crippen LogP contribution is 2.20. The lowest BCUT2D eigenvalue weighted by Crippen LogP contribution is -2.35.